The van der Waals surface area contributed by atoms with Gasteiger partial charge in [0.25, 0.3) is 0 Å². The highest BCUT2D eigenvalue weighted by Crippen LogP contribution is 2.28. The summed E-state index contributed by atoms with van der Waals surface area (Å²) >= 11 is 0. The molecule has 1 aromatic carbocycles. The number of phenolic OH excluding ortho intramolecular Hbond substituents is 1. The summed E-state index contributed by atoms with van der Waals surface area (Å²) in [4.78, 5) is 21.9. The molecule has 0 fully saturated rings. The van der Waals surface area contributed by atoms with Crippen LogP contribution in [0.15, 0.2) is 18.2 Å². The molecule has 0 aliphatic heterocycles. The Hall–Kier alpha value is -2.12. The summed E-state index contributed by atoms with van der Waals surface area (Å²) in [5, 5.41) is 37.9. The molecule has 0 saturated heterocycles. The van der Waals surface area contributed by atoms with Crippen LogP contribution in [0.3, 0.4) is 0 Å². The van der Waals surface area contributed by atoms with Crippen LogP contribution in [-0.4, -0.2) is 45.1 Å². The smallest absolute Gasteiger partial charge is 0.335 e. The lowest BCUT2D eigenvalue weighted by Gasteiger charge is -2.18. The fraction of sp³-hybridized carbons (Fsp3) is 0.385. The highest BCUT2D eigenvalue weighted by molar-refractivity contribution is 5.88. The molecular weight excluding hydrogens is 268 g/mol. The van der Waals surface area contributed by atoms with E-state index in [1.807, 2.05) is 0 Å². The van der Waals surface area contributed by atoms with E-state index in [-0.39, 0.29) is 17.7 Å². The summed E-state index contributed by atoms with van der Waals surface area (Å²) in [6, 6.07) is 3.31. The van der Waals surface area contributed by atoms with E-state index in [9.17, 15) is 24.9 Å². The number of carbonyl (C=O) groups excluding carboxylic acids is 1. The van der Waals surface area contributed by atoms with E-state index in [2.05, 4.69) is 4.74 Å². The van der Waals surface area contributed by atoms with Gasteiger partial charge in [-0.05, 0) is 19.1 Å². The van der Waals surface area contributed by atoms with Crippen LogP contribution in [0.2, 0.25) is 0 Å². The average Bonchev–Trinajstić information content (AvgIpc) is 2.37. The summed E-state index contributed by atoms with van der Waals surface area (Å²) in [7, 11) is 0. The molecule has 2 unspecified atom stereocenters. The molecule has 0 heterocycles. The fourth-order valence-electron chi connectivity index (χ4n) is 1.64. The Kier molecular flexibility index (Phi) is 5.48. The van der Waals surface area contributed by atoms with Crippen LogP contribution in [0.25, 0.3) is 0 Å². The van der Waals surface area contributed by atoms with Crippen molar-refractivity contribution in [3.05, 3.63) is 29.3 Å². The molecule has 0 aliphatic rings. The molecular formula is C13H16O7. The molecule has 4 N–H and O–H groups in total. The first-order valence-electron chi connectivity index (χ1n) is 5.94. The van der Waals surface area contributed by atoms with Gasteiger partial charge >= 0.3 is 11.9 Å². The molecule has 1 aromatic rings. The number of carbonyl (C=O) groups is 2. The number of phenols is 1. The molecule has 0 aliphatic carbocycles. The van der Waals surface area contributed by atoms with Gasteiger partial charge in [0.05, 0.1) is 24.7 Å². The van der Waals surface area contributed by atoms with Gasteiger partial charge in [0, 0.05) is 5.56 Å². The number of benzene rings is 1. The Bertz CT molecular complexity index is 497. The van der Waals surface area contributed by atoms with Crippen LogP contribution >= 0.6 is 0 Å². The van der Waals surface area contributed by atoms with Crippen LogP contribution < -0.4 is 0 Å². The molecule has 0 spiro atoms. The maximum absolute atomic E-state index is 11.2. The Morgan fingerprint density at radius 1 is 1.30 bits per heavy atom. The van der Waals surface area contributed by atoms with E-state index in [1.165, 1.54) is 12.1 Å². The maximum Gasteiger partial charge on any atom is 0.335 e. The molecule has 0 radical (unpaired) electrons. The number of hydrogen-bond donors (Lipinski definition) is 4. The molecule has 0 saturated carbocycles. The predicted octanol–water partition coefficient (Wildman–Crippen LogP) is 0.438. The standard InChI is InChI=1S/C13H16O7/c1-2-20-11(16)6-10(15)12(17)8-4-3-7(13(18)19)5-9(8)14/h3-5,10,12,14-15,17H,2,6H2,1H3,(H,18,19). The zero-order valence-electron chi connectivity index (χ0n) is 10.8. The van der Waals surface area contributed by atoms with E-state index in [1.54, 1.807) is 6.92 Å². The van der Waals surface area contributed by atoms with Crippen molar-refractivity contribution in [3.63, 3.8) is 0 Å². The van der Waals surface area contributed by atoms with Gasteiger partial charge in [-0.15, -0.1) is 0 Å². The second-order valence-corrected chi connectivity index (χ2v) is 4.10. The minimum atomic E-state index is -1.53. The largest absolute Gasteiger partial charge is 0.508 e. The van der Waals surface area contributed by atoms with E-state index < -0.39 is 36.3 Å². The zero-order chi connectivity index (χ0) is 15.3. The number of aromatic hydroxyl groups is 1. The number of ether oxygens (including phenoxy) is 1. The number of carboxylic acids is 1. The molecule has 7 nitrogen and oxygen atoms in total. The number of hydrogen-bond acceptors (Lipinski definition) is 6. The first-order chi connectivity index (χ1) is 9.36. The third kappa shape index (κ3) is 3.94. The van der Waals surface area contributed by atoms with E-state index in [0.717, 1.165) is 6.07 Å². The van der Waals surface area contributed by atoms with Crippen molar-refractivity contribution in [2.45, 2.75) is 25.6 Å². The van der Waals surface area contributed by atoms with Crippen molar-refractivity contribution < 1.29 is 34.8 Å². The Balaban J connectivity index is 2.83. The maximum atomic E-state index is 11.2. The van der Waals surface area contributed by atoms with Gasteiger partial charge in [0.15, 0.2) is 0 Å². The second-order valence-electron chi connectivity index (χ2n) is 4.10. The lowest BCUT2D eigenvalue weighted by Crippen LogP contribution is -2.23. The van der Waals surface area contributed by atoms with Crippen LogP contribution in [0.4, 0.5) is 0 Å². The summed E-state index contributed by atoms with van der Waals surface area (Å²) in [5.74, 6) is -2.38. The molecule has 7 heteroatoms. The number of rotatable bonds is 6. The third-order valence-corrected chi connectivity index (χ3v) is 2.64. The van der Waals surface area contributed by atoms with Crippen LogP contribution in [-0.2, 0) is 9.53 Å². The molecule has 0 bridgehead atoms. The van der Waals surface area contributed by atoms with Crippen molar-refractivity contribution in [2.75, 3.05) is 6.61 Å². The highest BCUT2D eigenvalue weighted by atomic mass is 16.5. The fourth-order valence-corrected chi connectivity index (χ4v) is 1.64. The van der Waals surface area contributed by atoms with Gasteiger partial charge in [-0.25, -0.2) is 4.79 Å². The van der Waals surface area contributed by atoms with Crippen LogP contribution in [0.1, 0.15) is 35.4 Å². The number of esters is 1. The van der Waals surface area contributed by atoms with Gasteiger partial charge < -0.3 is 25.2 Å². The number of aliphatic hydroxyl groups is 2. The number of carboxylic acid groups (broad SMARTS) is 1. The third-order valence-electron chi connectivity index (χ3n) is 2.64. The van der Waals surface area contributed by atoms with Crippen molar-refractivity contribution >= 4 is 11.9 Å². The summed E-state index contributed by atoms with van der Waals surface area (Å²) in [6.45, 7) is 1.76. The van der Waals surface area contributed by atoms with E-state index in [0.29, 0.717) is 0 Å². The predicted molar refractivity (Wildman–Crippen MR) is 67.3 cm³/mol. The van der Waals surface area contributed by atoms with Gasteiger partial charge in [-0.1, -0.05) is 6.07 Å². The monoisotopic (exact) mass is 284 g/mol. The lowest BCUT2D eigenvalue weighted by atomic mass is 9.99. The minimum Gasteiger partial charge on any atom is -0.508 e. The second kappa shape index (κ2) is 6.88. The minimum absolute atomic E-state index is 0.0631. The normalized spacial score (nSPS) is 13.6. The molecule has 0 amide bonds. The number of aromatic carboxylic acids is 1. The van der Waals surface area contributed by atoms with Crippen molar-refractivity contribution in [1.29, 1.82) is 0 Å². The summed E-state index contributed by atoms with van der Waals surface area (Å²) < 4.78 is 4.63. The Morgan fingerprint density at radius 2 is 1.95 bits per heavy atom. The molecule has 110 valence electrons. The van der Waals surface area contributed by atoms with Gasteiger partial charge in [-0.2, -0.15) is 0 Å². The van der Waals surface area contributed by atoms with Crippen LogP contribution in [0.5, 0.6) is 5.75 Å². The van der Waals surface area contributed by atoms with E-state index >= 15 is 0 Å². The summed E-state index contributed by atoms with van der Waals surface area (Å²) in [6.07, 6.45) is -3.42. The topological polar surface area (TPSA) is 124 Å². The molecule has 1 rings (SSSR count). The SMILES string of the molecule is CCOC(=O)CC(O)C(O)c1ccc(C(=O)O)cc1O. The first kappa shape index (κ1) is 15.9. The van der Waals surface area contributed by atoms with Crippen LogP contribution in [0, 0.1) is 0 Å². The van der Waals surface area contributed by atoms with Crippen molar-refractivity contribution in [1.82, 2.24) is 0 Å². The zero-order valence-corrected chi connectivity index (χ0v) is 10.8. The van der Waals surface area contributed by atoms with Gasteiger partial charge in [-0.3, -0.25) is 4.79 Å². The quantitative estimate of drug-likeness (QED) is 0.558. The first-order valence-corrected chi connectivity index (χ1v) is 5.94. The Labute approximate surface area is 115 Å². The van der Waals surface area contributed by atoms with Gasteiger partial charge in [0.2, 0.25) is 0 Å². The lowest BCUT2D eigenvalue weighted by molar-refractivity contribution is -0.147. The van der Waals surface area contributed by atoms with Gasteiger partial charge in [0.1, 0.15) is 11.9 Å². The number of aliphatic hydroxyl groups excluding tert-OH is 2. The molecule has 20 heavy (non-hydrogen) atoms. The highest BCUT2D eigenvalue weighted by Gasteiger charge is 2.24. The Morgan fingerprint density at radius 3 is 2.45 bits per heavy atom. The van der Waals surface area contributed by atoms with Crippen molar-refractivity contribution in [2.24, 2.45) is 0 Å². The summed E-state index contributed by atoms with van der Waals surface area (Å²) in [5.41, 5.74) is -0.217. The van der Waals surface area contributed by atoms with Crippen molar-refractivity contribution in [3.8, 4) is 5.75 Å². The molecule has 2 atom stereocenters. The van der Waals surface area contributed by atoms with E-state index in [4.69, 9.17) is 5.11 Å². The molecule has 0 aromatic heterocycles. The average molecular weight is 284 g/mol.